The van der Waals surface area contributed by atoms with E-state index in [1.807, 2.05) is 0 Å². The number of halogens is 2. The molecule has 1 saturated heterocycles. The van der Waals surface area contributed by atoms with Gasteiger partial charge in [-0.15, -0.1) is 11.6 Å². The van der Waals surface area contributed by atoms with Gasteiger partial charge in [0.25, 0.3) is 5.56 Å². The monoisotopic (exact) mass is 367 g/mol. The van der Waals surface area contributed by atoms with Crippen molar-refractivity contribution < 1.29 is 0 Å². The highest BCUT2D eigenvalue weighted by Gasteiger charge is 2.24. The number of rotatable bonds is 2. The molecule has 1 aromatic rings. The molecule has 1 aromatic heterocycles. The molecule has 6 heteroatoms. The molecule has 0 bridgehead atoms. The van der Waals surface area contributed by atoms with Crippen molar-refractivity contribution in [2.45, 2.75) is 25.1 Å². The Morgan fingerprint density at radius 1 is 1.59 bits per heavy atom. The number of aromatic amines is 1. The Balaban J connectivity index is 2.11. The molecule has 0 saturated carbocycles. The maximum Gasteiger partial charge on any atom is 0.266 e. The van der Waals surface area contributed by atoms with Gasteiger partial charge in [-0.1, -0.05) is 0 Å². The predicted molar refractivity (Wildman–Crippen MR) is 77.8 cm³/mol. The Morgan fingerprint density at radius 2 is 2.24 bits per heavy atom. The lowest BCUT2D eigenvalue weighted by atomic mass is 9.94. The van der Waals surface area contributed by atoms with Gasteiger partial charge in [0.2, 0.25) is 0 Å². The first-order valence-corrected chi connectivity index (χ1v) is 7.23. The molecular formula is C11H15ClIN3O. The molecule has 0 aliphatic carbocycles. The number of hydrogen-bond donors (Lipinski definition) is 1. The van der Waals surface area contributed by atoms with Crippen molar-refractivity contribution in [3.8, 4) is 0 Å². The zero-order valence-electron chi connectivity index (χ0n) is 9.62. The van der Waals surface area contributed by atoms with E-state index in [4.69, 9.17) is 11.6 Å². The van der Waals surface area contributed by atoms with E-state index < -0.39 is 0 Å². The maximum absolute atomic E-state index is 11.5. The normalized spacial score (nSPS) is 19.4. The fourth-order valence-corrected chi connectivity index (χ4v) is 3.05. The van der Waals surface area contributed by atoms with Crippen LogP contribution in [0.1, 0.15) is 19.8 Å². The van der Waals surface area contributed by atoms with Crippen molar-refractivity contribution in [1.82, 2.24) is 9.97 Å². The summed E-state index contributed by atoms with van der Waals surface area (Å²) in [6.45, 7) is 3.90. The summed E-state index contributed by atoms with van der Waals surface area (Å²) in [5.74, 6) is 1.38. The maximum atomic E-state index is 11.5. The zero-order valence-corrected chi connectivity index (χ0v) is 12.5. The number of aromatic nitrogens is 2. The summed E-state index contributed by atoms with van der Waals surface area (Å²) >= 11 is 8.17. The molecule has 2 heterocycles. The van der Waals surface area contributed by atoms with E-state index in [-0.39, 0.29) is 10.9 Å². The fourth-order valence-electron chi connectivity index (χ4n) is 2.16. The SMILES string of the molecule is CC(Cl)C1CCN(c2nc[nH]c(=O)c2I)CC1. The molecule has 0 aromatic carbocycles. The van der Waals surface area contributed by atoms with Crippen LogP contribution in [0.25, 0.3) is 0 Å². The number of nitrogens with zero attached hydrogens (tertiary/aromatic N) is 2. The number of H-pyrrole nitrogens is 1. The van der Waals surface area contributed by atoms with Crippen LogP contribution in [-0.4, -0.2) is 28.4 Å². The van der Waals surface area contributed by atoms with Gasteiger partial charge in [0.1, 0.15) is 9.39 Å². The van der Waals surface area contributed by atoms with Crippen LogP contribution < -0.4 is 10.5 Å². The van der Waals surface area contributed by atoms with E-state index in [1.54, 1.807) is 0 Å². The lowest BCUT2D eigenvalue weighted by Crippen LogP contribution is -2.37. The third-order valence-corrected chi connectivity index (χ3v) is 4.60. The van der Waals surface area contributed by atoms with Crippen LogP contribution in [0.2, 0.25) is 0 Å². The summed E-state index contributed by atoms with van der Waals surface area (Å²) in [7, 11) is 0. The minimum atomic E-state index is -0.0663. The predicted octanol–water partition coefficient (Wildman–Crippen LogP) is 2.22. The van der Waals surface area contributed by atoms with Crippen molar-refractivity contribution in [3.05, 3.63) is 20.3 Å². The van der Waals surface area contributed by atoms with Crippen molar-refractivity contribution >= 4 is 40.0 Å². The van der Waals surface area contributed by atoms with Crippen LogP contribution in [0.3, 0.4) is 0 Å². The first-order chi connectivity index (χ1) is 8.09. The topological polar surface area (TPSA) is 49.0 Å². The quantitative estimate of drug-likeness (QED) is 0.644. The van der Waals surface area contributed by atoms with Crippen molar-refractivity contribution in [1.29, 1.82) is 0 Å². The van der Waals surface area contributed by atoms with Crippen LogP contribution in [0.5, 0.6) is 0 Å². The summed E-state index contributed by atoms with van der Waals surface area (Å²) in [5, 5.41) is 0.225. The van der Waals surface area contributed by atoms with Gasteiger partial charge in [0.05, 0.1) is 6.33 Å². The molecule has 1 unspecified atom stereocenters. The second kappa shape index (κ2) is 5.56. The van der Waals surface area contributed by atoms with Gasteiger partial charge < -0.3 is 9.88 Å². The highest BCUT2D eigenvalue weighted by Crippen LogP contribution is 2.27. The number of anilines is 1. The Labute approximate surface area is 119 Å². The molecule has 1 aliphatic rings. The first-order valence-electron chi connectivity index (χ1n) is 5.72. The Bertz CT molecular complexity index is 441. The number of alkyl halides is 1. The van der Waals surface area contributed by atoms with E-state index in [1.165, 1.54) is 6.33 Å². The molecule has 4 nitrogen and oxygen atoms in total. The lowest BCUT2D eigenvalue weighted by molar-refractivity contribution is 0.398. The lowest BCUT2D eigenvalue weighted by Gasteiger charge is -2.34. The van der Waals surface area contributed by atoms with E-state index in [0.29, 0.717) is 9.49 Å². The molecule has 0 amide bonds. The van der Waals surface area contributed by atoms with Gasteiger partial charge in [-0.2, -0.15) is 0 Å². The van der Waals surface area contributed by atoms with Gasteiger partial charge in [0, 0.05) is 18.5 Å². The average molecular weight is 368 g/mol. The van der Waals surface area contributed by atoms with Crippen LogP contribution >= 0.6 is 34.2 Å². The minimum absolute atomic E-state index is 0.0663. The van der Waals surface area contributed by atoms with E-state index in [0.717, 1.165) is 31.7 Å². The molecule has 17 heavy (non-hydrogen) atoms. The molecule has 1 atom stereocenters. The second-order valence-electron chi connectivity index (χ2n) is 4.37. The van der Waals surface area contributed by atoms with Crippen LogP contribution in [0.15, 0.2) is 11.1 Å². The highest BCUT2D eigenvalue weighted by atomic mass is 127. The van der Waals surface area contributed by atoms with Gasteiger partial charge in [-0.25, -0.2) is 4.98 Å². The third kappa shape index (κ3) is 2.93. The zero-order chi connectivity index (χ0) is 12.4. The Hall–Kier alpha value is -0.300. The van der Waals surface area contributed by atoms with Crippen LogP contribution in [-0.2, 0) is 0 Å². The molecule has 2 rings (SSSR count). The van der Waals surface area contributed by atoms with Gasteiger partial charge >= 0.3 is 0 Å². The number of piperidine rings is 1. The molecule has 0 spiro atoms. The minimum Gasteiger partial charge on any atom is -0.355 e. The summed E-state index contributed by atoms with van der Waals surface area (Å²) < 4.78 is 0.669. The van der Waals surface area contributed by atoms with Crippen LogP contribution in [0, 0.1) is 9.49 Å². The molecule has 1 N–H and O–H groups in total. The van der Waals surface area contributed by atoms with Crippen molar-refractivity contribution in [3.63, 3.8) is 0 Å². The van der Waals surface area contributed by atoms with Gasteiger partial charge in [-0.05, 0) is 48.3 Å². The third-order valence-electron chi connectivity index (χ3n) is 3.27. The van der Waals surface area contributed by atoms with Gasteiger partial charge in [0.15, 0.2) is 0 Å². The van der Waals surface area contributed by atoms with E-state index >= 15 is 0 Å². The fraction of sp³-hybridized carbons (Fsp3) is 0.636. The Morgan fingerprint density at radius 3 is 2.82 bits per heavy atom. The molecular weight excluding hydrogens is 352 g/mol. The van der Waals surface area contributed by atoms with Crippen molar-refractivity contribution in [2.75, 3.05) is 18.0 Å². The smallest absolute Gasteiger partial charge is 0.266 e. The van der Waals surface area contributed by atoms with E-state index in [2.05, 4.69) is 44.4 Å². The average Bonchev–Trinajstić information content (AvgIpc) is 2.33. The number of nitrogens with one attached hydrogen (secondary N) is 1. The summed E-state index contributed by atoms with van der Waals surface area (Å²) in [4.78, 5) is 20.5. The van der Waals surface area contributed by atoms with E-state index in [9.17, 15) is 4.79 Å². The molecule has 1 aliphatic heterocycles. The molecule has 0 radical (unpaired) electrons. The molecule has 94 valence electrons. The van der Waals surface area contributed by atoms with Gasteiger partial charge in [-0.3, -0.25) is 4.79 Å². The second-order valence-corrected chi connectivity index (χ2v) is 6.14. The largest absolute Gasteiger partial charge is 0.355 e. The molecule has 1 fully saturated rings. The standard InChI is InChI=1S/C11H15ClIN3O/c1-7(12)8-2-4-16(5-3-8)10-9(13)11(17)15-6-14-10/h6-8H,2-5H2,1H3,(H,14,15,17). The summed E-state index contributed by atoms with van der Waals surface area (Å²) in [6.07, 6.45) is 3.60. The summed E-state index contributed by atoms with van der Waals surface area (Å²) in [5.41, 5.74) is -0.0663. The van der Waals surface area contributed by atoms with Crippen molar-refractivity contribution in [2.24, 2.45) is 5.92 Å². The first kappa shape index (κ1) is 13.1. The highest BCUT2D eigenvalue weighted by molar-refractivity contribution is 14.1. The number of hydrogen-bond acceptors (Lipinski definition) is 3. The Kier molecular flexibility index (Phi) is 4.30. The summed E-state index contributed by atoms with van der Waals surface area (Å²) in [6, 6.07) is 0. The van der Waals surface area contributed by atoms with Crippen LogP contribution in [0.4, 0.5) is 5.82 Å².